The van der Waals surface area contributed by atoms with E-state index >= 15 is 0 Å². The van der Waals surface area contributed by atoms with Crippen molar-refractivity contribution in [2.24, 2.45) is 0 Å². The Hall–Kier alpha value is -0.750. The molecule has 0 amide bonds. The third-order valence-corrected chi connectivity index (χ3v) is 2.70. The molecule has 1 rings (SSSR count). The molecule has 0 radical (unpaired) electrons. The Kier molecular flexibility index (Phi) is 6.35. The van der Waals surface area contributed by atoms with Crippen LogP contribution in [-0.2, 0) is 5.41 Å². The van der Waals surface area contributed by atoms with E-state index in [4.69, 9.17) is 4.52 Å². The fourth-order valence-electron chi connectivity index (χ4n) is 1.57. The predicted molar refractivity (Wildman–Crippen MR) is 69.8 cm³/mol. The van der Waals surface area contributed by atoms with Gasteiger partial charge in [-0.05, 0) is 20.0 Å². The first-order valence-corrected chi connectivity index (χ1v) is 5.84. The van der Waals surface area contributed by atoms with E-state index < -0.39 is 12.1 Å². The zero-order valence-corrected chi connectivity index (χ0v) is 12.3. The van der Waals surface area contributed by atoms with E-state index in [0.29, 0.717) is 5.76 Å². The number of rotatable bonds is 4. The SMILES string of the molecule is CNCCC(c1cc(C(C)(C)C)on1)C(F)(F)F.Cl. The molecule has 0 spiro atoms. The molecule has 1 heterocycles. The molecule has 0 saturated heterocycles. The Balaban J connectivity index is 0.00000324. The van der Waals surface area contributed by atoms with Crippen LogP contribution in [0.5, 0.6) is 0 Å². The Morgan fingerprint density at radius 2 is 1.89 bits per heavy atom. The number of aromatic nitrogens is 1. The number of halogens is 4. The van der Waals surface area contributed by atoms with Gasteiger partial charge in [0.1, 0.15) is 11.7 Å². The third-order valence-electron chi connectivity index (χ3n) is 2.70. The summed E-state index contributed by atoms with van der Waals surface area (Å²) >= 11 is 0. The quantitative estimate of drug-likeness (QED) is 0.922. The number of hydrogen-bond donors (Lipinski definition) is 1. The summed E-state index contributed by atoms with van der Waals surface area (Å²) in [5.74, 6) is -1.11. The lowest BCUT2D eigenvalue weighted by Gasteiger charge is -2.17. The molecule has 0 bridgehead atoms. The van der Waals surface area contributed by atoms with E-state index in [2.05, 4.69) is 10.5 Å². The second-order valence-corrected chi connectivity index (χ2v) is 5.35. The van der Waals surface area contributed by atoms with Crippen molar-refractivity contribution in [2.75, 3.05) is 13.6 Å². The van der Waals surface area contributed by atoms with Crippen LogP contribution in [0, 0.1) is 0 Å². The average Bonchev–Trinajstić information content (AvgIpc) is 2.64. The fraction of sp³-hybridized carbons (Fsp3) is 0.750. The van der Waals surface area contributed by atoms with Gasteiger partial charge < -0.3 is 9.84 Å². The van der Waals surface area contributed by atoms with Crippen molar-refractivity contribution in [1.82, 2.24) is 10.5 Å². The minimum atomic E-state index is -4.30. The van der Waals surface area contributed by atoms with E-state index in [0.717, 1.165) is 0 Å². The predicted octanol–water partition coefficient (Wildman–Crippen LogP) is 3.65. The first kappa shape index (κ1) is 18.2. The highest BCUT2D eigenvalue weighted by molar-refractivity contribution is 5.85. The first-order chi connectivity index (χ1) is 8.16. The summed E-state index contributed by atoms with van der Waals surface area (Å²) in [6, 6.07) is 1.41. The van der Waals surface area contributed by atoms with E-state index in [1.54, 1.807) is 7.05 Å². The first-order valence-electron chi connectivity index (χ1n) is 5.84. The molecular weight excluding hydrogens is 281 g/mol. The van der Waals surface area contributed by atoms with Gasteiger partial charge in [0.15, 0.2) is 0 Å². The van der Waals surface area contributed by atoms with Gasteiger partial charge in [-0.2, -0.15) is 13.2 Å². The van der Waals surface area contributed by atoms with E-state index in [9.17, 15) is 13.2 Å². The Bertz CT molecular complexity index is 385. The van der Waals surface area contributed by atoms with Crippen molar-refractivity contribution < 1.29 is 17.7 Å². The smallest absolute Gasteiger partial charge is 0.361 e. The van der Waals surface area contributed by atoms with Gasteiger partial charge >= 0.3 is 6.18 Å². The normalized spacial score (nSPS) is 14.1. The molecule has 1 aromatic heterocycles. The van der Waals surface area contributed by atoms with E-state index in [-0.39, 0.29) is 36.5 Å². The van der Waals surface area contributed by atoms with Gasteiger partial charge in [-0.25, -0.2) is 0 Å². The number of hydrogen-bond acceptors (Lipinski definition) is 3. The molecule has 0 aliphatic heterocycles. The van der Waals surface area contributed by atoms with Crippen molar-refractivity contribution in [2.45, 2.75) is 44.7 Å². The highest BCUT2D eigenvalue weighted by Gasteiger charge is 2.42. The summed E-state index contributed by atoms with van der Waals surface area (Å²) < 4.78 is 43.8. The molecule has 112 valence electrons. The van der Waals surface area contributed by atoms with Crippen LogP contribution in [0.4, 0.5) is 13.2 Å². The van der Waals surface area contributed by atoms with Crippen LogP contribution >= 0.6 is 12.4 Å². The van der Waals surface area contributed by atoms with Gasteiger partial charge in [0.2, 0.25) is 0 Å². The molecule has 19 heavy (non-hydrogen) atoms. The van der Waals surface area contributed by atoms with Gasteiger partial charge in [0.05, 0.1) is 5.69 Å². The van der Waals surface area contributed by atoms with Gasteiger partial charge in [0, 0.05) is 11.5 Å². The molecular formula is C12H20ClF3N2O. The molecule has 1 aromatic rings. The summed E-state index contributed by atoms with van der Waals surface area (Å²) in [7, 11) is 1.62. The van der Waals surface area contributed by atoms with E-state index in [1.807, 2.05) is 20.8 Å². The molecule has 1 atom stereocenters. The van der Waals surface area contributed by atoms with Crippen LogP contribution in [0.2, 0.25) is 0 Å². The standard InChI is InChI=1S/C12H19F3N2O.ClH/c1-11(2,3)10-7-9(17-18-10)8(5-6-16-4)12(13,14)15;/h7-8,16H,5-6H2,1-4H3;1H. The van der Waals surface area contributed by atoms with Gasteiger partial charge in [-0.3, -0.25) is 0 Å². The maximum absolute atomic E-state index is 12.9. The van der Waals surface area contributed by atoms with Gasteiger partial charge in [-0.15, -0.1) is 12.4 Å². The highest BCUT2D eigenvalue weighted by atomic mass is 35.5. The van der Waals surface area contributed by atoms with Gasteiger partial charge in [-0.1, -0.05) is 25.9 Å². The number of nitrogens with zero attached hydrogens (tertiary/aromatic N) is 1. The summed E-state index contributed by atoms with van der Waals surface area (Å²) in [5, 5.41) is 6.30. The molecule has 1 unspecified atom stereocenters. The maximum atomic E-state index is 12.9. The second kappa shape index (κ2) is 6.61. The van der Waals surface area contributed by atoms with Crippen molar-refractivity contribution in [3.05, 3.63) is 17.5 Å². The second-order valence-electron chi connectivity index (χ2n) is 5.35. The number of alkyl halides is 3. The molecule has 0 fully saturated rings. The lowest BCUT2D eigenvalue weighted by atomic mass is 9.91. The summed E-state index contributed by atoms with van der Waals surface area (Å²) in [6.45, 7) is 5.89. The molecule has 0 saturated carbocycles. The Morgan fingerprint density at radius 1 is 1.32 bits per heavy atom. The van der Waals surface area contributed by atoms with Crippen LogP contribution in [0.25, 0.3) is 0 Å². The molecule has 0 aliphatic carbocycles. The minimum Gasteiger partial charge on any atom is -0.361 e. The lowest BCUT2D eigenvalue weighted by Crippen LogP contribution is -2.25. The Labute approximate surface area is 117 Å². The van der Waals surface area contributed by atoms with Crippen molar-refractivity contribution >= 4 is 12.4 Å². The average molecular weight is 301 g/mol. The summed E-state index contributed by atoms with van der Waals surface area (Å²) in [4.78, 5) is 0. The van der Waals surface area contributed by atoms with Crippen LogP contribution < -0.4 is 5.32 Å². The van der Waals surface area contributed by atoms with Crippen molar-refractivity contribution in [1.29, 1.82) is 0 Å². The molecule has 0 aromatic carbocycles. The van der Waals surface area contributed by atoms with Crippen LogP contribution in [0.3, 0.4) is 0 Å². The van der Waals surface area contributed by atoms with Gasteiger partial charge in [0.25, 0.3) is 0 Å². The third kappa shape index (κ3) is 5.03. The number of nitrogens with one attached hydrogen (secondary N) is 1. The zero-order valence-electron chi connectivity index (χ0n) is 11.5. The molecule has 0 aliphatic rings. The highest BCUT2D eigenvalue weighted by Crippen LogP contribution is 2.38. The molecule has 3 nitrogen and oxygen atoms in total. The maximum Gasteiger partial charge on any atom is 0.397 e. The zero-order chi connectivity index (χ0) is 14.0. The van der Waals surface area contributed by atoms with Crippen molar-refractivity contribution in [3.63, 3.8) is 0 Å². The Morgan fingerprint density at radius 3 is 2.26 bits per heavy atom. The summed E-state index contributed by atoms with van der Waals surface area (Å²) in [5.41, 5.74) is -0.382. The van der Waals surface area contributed by atoms with Crippen LogP contribution in [0.1, 0.15) is 44.6 Å². The van der Waals surface area contributed by atoms with Crippen molar-refractivity contribution in [3.8, 4) is 0 Å². The largest absolute Gasteiger partial charge is 0.397 e. The van der Waals surface area contributed by atoms with E-state index in [1.165, 1.54) is 6.07 Å². The topological polar surface area (TPSA) is 38.1 Å². The monoisotopic (exact) mass is 300 g/mol. The minimum absolute atomic E-state index is 0. The fourth-order valence-corrected chi connectivity index (χ4v) is 1.57. The lowest BCUT2D eigenvalue weighted by molar-refractivity contribution is -0.152. The molecule has 1 N–H and O–H groups in total. The van der Waals surface area contributed by atoms with Crippen LogP contribution in [-0.4, -0.2) is 24.9 Å². The van der Waals surface area contributed by atoms with Crippen LogP contribution in [0.15, 0.2) is 10.6 Å². The summed E-state index contributed by atoms with van der Waals surface area (Å²) in [6.07, 6.45) is -4.35. The molecule has 7 heteroatoms.